The van der Waals surface area contributed by atoms with Crippen LogP contribution >= 0.6 is 23.2 Å². The Kier molecular flexibility index (Phi) is 9.92. The van der Waals surface area contributed by atoms with Crippen molar-refractivity contribution in [3.8, 4) is 11.5 Å². The zero-order valence-corrected chi connectivity index (χ0v) is 20.8. The van der Waals surface area contributed by atoms with Crippen molar-refractivity contribution >= 4 is 29.5 Å². The van der Waals surface area contributed by atoms with Gasteiger partial charge in [-0.3, -0.25) is 0 Å². The molecule has 1 aromatic carbocycles. The number of halogens is 2. The summed E-state index contributed by atoms with van der Waals surface area (Å²) >= 11 is 13.2. The highest BCUT2D eigenvalue weighted by Gasteiger charge is 2.45. The number of hydrogen-bond acceptors (Lipinski definition) is 4. The highest BCUT2D eigenvalue weighted by molar-refractivity contribution is 6.40. The van der Waals surface area contributed by atoms with Gasteiger partial charge in [-0.1, -0.05) is 43.1 Å². The van der Waals surface area contributed by atoms with Crippen LogP contribution < -0.4 is 9.47 Å². The first kappa shape index (κ1) is 25.8. The third-order valence-electron chi connectivity index (χ3n) is 6.46. The molecule has 0 radical (unpaired) electrons. The second kappa shape index (κ2) is 11.9. The lowest BCUT2D eigenvalue weighted by Gasteiger charge is -2.45. The number of likely N-dealkylation sites (N-methyl/N-ethyl adjacent to an activating group) is 1. The summed E-state index contributed by atoms with van der Waals surface area (Å²) < 4.78 is 10.7. The molecule has 0 N–H and O–H groups in total. The molecule has 0 amide bonds. The van der Waals surface area contributed by atoms with Gasteiger partial charge in [0.2, 0.25) is 0 Å². The predicted molar refractivity (Wildman–Crippen MR) is 129 cm³/mol. The zero-order chi connectivity index (χ0) is 23.0. The number of aldehydes is 1. The van der Waals surface area contributed by atoms with Gasteiger partial charge in [-0.25, -0.2) is 0 Å². The second-order valence-electron chi connectivity index (χ2n) is 8.60. The molecule has 0 spiro atoms. The topological polar surface area (TPSA) is 38.8 Å². The Labute approximate surface area is 197 Å². The smallest absolute Gasteiger partial charge is 0.122 e. The van der Waals surface area contributed by atoms with Crippen LogP contribution in [0.5, 0.6) is 11.5 Å². The molecular weight excluding hydrogens is 433 g/mol. The Bertz CT molecular complexity index is 784. The highest BCUT2D eigenvalue weighted by Crippen LogP contribution is 2.54. The molecule has 0 saturated heterocycles. The van der Waals surface area contributed by atoms with Gasteiger partial charge in [0, 0.05) is 29.5 Å². The quantitative estimate of drug-likeness (QED) is 0.350. The number of benzene rings is 1. The lowest BCUT2D eigenvalue weighted by molar-refractivity contribution is -0.109. The van der Waals surface area contributed by atoms with Crippen molar-refractivity contribution in [2.24, 2.45) is 17.3 Å². The molecule has 4 nitrogen and oxygen atoms in total. The van der Waals surface area contributed by atoms with E-state index in [0.717, 1.165) is 50.1 Å². The fourth-order valence-corrected chi connectivity index (χ4v) is 5.34. The van der Waals surface area contributed by atoms with Crippen LogP contribution in [-0.2, 0) is 11.2 Å². The molecule has 0 aliphatic heterocycles. The minimum atomic E-state index is -0.296. The summed E-state index contributed by atoms with van der Waals surface area (Å²) in [5, 5.41) is 1.29. The van der Waals surface area contributed by atoms with Crippen LogP contribution in [0.2, 0.25) is 0 Å². The van der Waals surface area contributed by atoms with E-state index in [9.17, 15) is 4.79 Å². The lowest BCUT2D eigenvalue weighted by Crippen LogP contribution is -2.38. The van der Waals surface area contributed by atoms with E-state index in [0.29, 0.717) is 16.5 Å². The summed E-state index contributed by atoms with van der Waals surface area (Å²) in [7, 11) is 5.46. The lowest BCUT2D eigenvalue weighted by atomic mass is 9.62. The molecule has 0 bridgehead atoms. The summed E-state index contributed by atoms with van der Waals surface area (Å²) in [6.07, 6.45) is 8.12. The molecule has 0 saturated carbocycles. The number of carbonyl (C=O) groups is 1. The molecule has 1 aliphatic carbocycles. The van der Waals surface area contributed by atoms with Crippen molar-refractivity contribution in [2.75, 3.05) is 34.4 Å². The summed E-state index contributed by atoms with van der Waals surface area (Å²) in [4.78, 5) is 13.6. The molecule has 172 valence electrons. The average Bonchev–Trinajstić information content (AvgIpc) is 2.76. The number of rotatable bonds is 12. The van der Waals surface area contributed by atoms with Gasteiger partial charge in [0.1, 0.15) is 17.8 Å². The molecule has 0 fully saturated rings. The van der Waals surface area contributed by atoms with E-state index in [1.807, 2.05) is 12.1 Å². The first-order valence-electron chi connectivity index (χ1n) is 10.9. The van der Waals surface area contributed by atoms with Crippen molar-refractivity contribution < 1.29 is 14.3 Å². The molecule has 2 rings (SSSR count). The fraction of sp³-hybridized carbons (Fsp3) is 0.560. The summed E-state index contributed by atoms with van der Waals surface area (Å²) in [6, 6.07) is 5.99. The average molecular weight is 468 g/mol. The van der Waals surface area contributed by atoms with Gasteiger partial charge in [-0.15, -0.1) is 0 Å². The highest BCUT2D eigenvalue weighted by atomic mass is 35.5. The zero-order valence-electron chi connectivity index (χ0n) is 19.3. The van der Waals surface area contributed by atoms with Gasteiger partial charge in [-0.2, -0.15) is 0 Å². The Morgan fingerprint density at radius 3 is 2.32 bits per heavy atom. The van der Waals surface area contributed by atoms with Gasteiger partial charge in [0.25, 0.3) is 0 Å². The van der Waals surface area contributed by atoms with Crippen molar-refractivity contribution in [3.63, 3.8) is 0 Å². The van der Waals surface area contributed by atoms with E-state index in [2.05, 4.69) is 44.0 Å². The Hall–Kier alpha value is -1.49. The van der Waals surface area contributed by atoms with Crippen LogP contribution in [0.4, 0.5) is 0 Å². The maximum atomic E-state index is 11.3. The molecule has 1 aliphatic rings. The number of nitrogens with zero attached hydrogens (tertiary/aromatic N) is 1. The number of hydrogen-bond donors (Lipinski definition) is 0. The number of ether oxygens (including phenoxy) is 2. The van der Waals surface area contributed by atoms with E-state index in [-0.39, 0.29) is 17.3 Å². The van der Waals surface area contributed by atoms with E-state index in [4.69, 9.17) is 32.7 Å². The van der Waals surface area contributed by atoms with Crippen molar-refractivity contribution in [2.45, 2.75) is 39.5 Å². The number of carbonyl (C=O) groups excluding carboxylic acids is 1. The van der Waals surface area contributed by atoms with Crippen molar-refractivity contribution in [1.82, 2.24) is 4.90 Å². The second-order valence-corrected chi connectivity index (χ2v) is 9.39. The predicted octanol–water partition coefficient (Wildman–Crippen LogP) is 6.06. The van der Waals surface area contributed by atoms with Crippen LogP contribution in [0.1, 0.15) is 38.7 Å². The van der Waals surface area contributed by atoms with Gasteiger partial charge in [0.15, 0.2) is 0 Å². The SMILES string of the molecule is COc1cc(CCN(C)CCCC2(C(C)C)C(Cl)=C(Cl)C=CC2CC=O)cc(OC)c1. The van der Waals surface area contributed by atoms with Crippen LogP contribution in [0.25, 0.3) is 0 Å². The van der Waals surface area contributed by atoms with Gasteiger partial charge >= 0.3 is 0 Å². The summed E-state index contributed by atoms with van der Waals surface area (Å²) in [5.74, 6) is 1.97. The van der Waals surface area contributed by atoms with E-state index in [1.165, 1.54) is 5.56 Å². The molecule has 1 aromatic rings. The van der Waals surface area contributed by atoms with Crippen molar-refractivity contribution in [1.29, 1.82) is 0 Å². The number of allylic oxidation sites excluding steroid dienone is 4. The molecule has 6 heteroatoms. The minimum Gasteiger partial charge on any atom is -0.497 e. The molecule has 2 unspecified atom stereocenters. The molecule has 0 aromatic heterocycles. The molecule has 31 heavy (non-hydrogen) atoms. The minimum absolute atomic E-state index is 0.0783. The molecule has 2 atom stereocenters. The molecule has 0 heterocycles. The summed E-state index contributed by atoms with van der Waals surface area (Å²) in [5.41, 5.74) is 0.887. The summed E-state index contributed by atoms with van der Waals surface area (Å²) in [6.45, 7) is 6.20. The normalized spacial score (nSPS) is 21.1. The van der Waals surface area contributed by atoms with E-state index < -0.39 is 0 Å². The van der Waals surface area contributed by atoms with Crippen LogP contribution in [0.15, 0.2) is 40.4 Å². The van der Waals surface area contributed by atoms with Crippen LogP contribution in [0, 0.1) is 17.3 Å². The van der Waals surface area contributed by atoms with Gasteiger partial charge < -0.3 is 19.2 Å². The van der Waals surface area contributed by atoms with Crippen molar-refractivity contribution in [3.05, 3.63) is 46.0 Å². The largest absolute Gasteiger partial charge is 0.497 e. The van der Waals surface area contributed by atoms with Gasteiger partial charge in [-0.05, 0) is 68.5 Å². The maximum Gasteiger partial charge on any atom is 0.122 e. The molecular formula is C25H35Cl2NO3. The number of methoxy groups -OCH3 is 2. The maximum absolute atomic E-state index is 11.3. The first-order valence-corrected chi connectivity index (χ1v) is 11.6. The standard InChI is InChI=1S/C25H35Cl2NO3/c1-18(2)25(20(10-14-29)7-8-23(26)24(25)27)11-6-12-28(3)13-9-19-15-21(30-4)17-22(16-19)31-5/h7-8,14-18,20H,6,9-13H2,1-5H3. The Balaban J connectivity index is 2.00. The first-order chi connectivity index (χ1) is 14.8. The third kappa shape index (κ3) is 6.27. The Morgan fingerprint density at radius 2 is 1.77 bits per heavy atom. The van der Waals surface area contributed by atoms with Gasteiger partial charge in [0.05, 0.1) is 19.3 Å². The van der Waals surface area contributed by atoms with E-state index >= 15 is 0 Å². The fourth-order valence-electron chi connectivity index (χ4n) is 4.57. The monoisotopic (exact) mass is 467 g/mol. The third-order valence-corrected chi connectivity index (χ3v) is 7.43. The van der Waals surface area contributed by atoms with Crippen LogP contribution in [-0.4, -0.2) is 45.5 Å². The van der Waals surface area contributed by atoms with E-state index in [1.54, 1.807) is 14.2 Å². The van der Waals surface area contributed by atoms with Crippen LogP contribution in [0.3, 0.4) is 0 Å². The Morgan fingerprint density at radius 1 is 1.13 bits per heavy atom.